The lowest BCUT2D eigenvalue weighted by atomic mass is 9.62. The van der Waals surface area contributed by atoms with Gasteiger partial charge in [0.1, 0.15) is 18.0 Å². The van der Waals surface area contributed by atoms with Gasteiger partial charge in [-0.25, -0.2) is 13.1 Å². The van der Waals surface area contributed by atoms with Gasteiger partial charge in [0.2, 0.25) is 10.0 Å². The number of benzene rings is 2. The summed E-state index contributed by atoms with van der Waals surface area (Å²) in [6.07, 6.45) is 6.59. The van der Waals surface area contributed by atoms with E-state index in [9.17, 15) is 23.1 Å². The lowest BCUT2D eigenvalue weighted by molar-refractivity contribution is -0.168. The average molecular weight is 702 g/mol. The van der Waals surface area contributed by atoms with Gasteiger partial charge in [0.15, 0.2) is 6.10 Å². The third-order valence-corrected chi connectivity index (χ3v) is 12.6. The molecular formula is C36H48ClN3O7S. The van der Waals surface area contributed by atoms with Crippen LogP contribution >= 0.6 is 11.6 Å². The summed E-state index contributed by atoms with van der Waals surface area (Å²) >= 11 is 6.34. The van der Waals surface area contributed by atoms with Crippen molar-refractivity contribution in [2.75, 3.05) is 39.2 Å². The quantitative estimate of drug-likeness (QED) is 0.430. The summed E-state index contributed by atoms with van der Waals surface area (Å²) in [5.74, 6) is -1.22. The number of likely N-dealkylation sites (N-methyl/N-ethyl adjacent to an activating group) is 1. The minimum absolute atomic E-state index is 0.0108. The minimum atomic E-state index is -4.06. The number of ether oxygens (including phenoxy) is 2. The number of nitrogens with zero attached hydrogens (tertiary/aromatic N) is 2. The molecule has 0 saturated heterocycles. The third kappa shape index (κ3) is 7.54. The first-order chi connectivity index (χ1) is 22.7. The Morgan fingerprint density at radius 1 is 1.15 bits per heavy atom. The van der Waals surface area contributed by atoms with Gasteiger partial charge in [-0.3, -0.25) is 9.59 Å². The van der Waals surface area contributed by atoms with E-state index in [1.165, 1.54) is 12.0 Å². The first-order valence-electron chi connectivity index (χ1n) is 16.7. The van der Waals surface area contributed by atoms with Crippen LogP contribution in [0.1, 0.15) is 67.4 Å². The molecule has 3 aliphatic rings. The molecule has 10 nitrogen and oxygen atoms in total. The van der Waals surface area contributed by atoms with Crippen molar-refractivity contribution in [3.8, 4) is 5.75 Å². The monoisotopic (exact) mass is 701 g/mol. The fraction of sp³-hybridized carbons (Fsp3) is 0.556. The number of aryl methyl sites for hydroxylation is 1. The highest BCUT2D eigenvalue weighted by atomic mass is 35.5. The van der Waals surface area contributed by atoms with Gasteiger partial charge in [0.25, 0.3) is 11.8 Å². The maximum Gasteiger partial charge on any atom is 0.264 e. The van der Waals surface area contributed by atoms with E-state index in [0.29, 0.717) is 49.0 Å². The molecule has 2 bridgehead atoms. The van der Waals surface area contributed by atoms with Crippen LogP contribution < -0.4 is 14.4 Å². The van der Waals surface area contributed by atoms with Gasteiger partial charge in [-0.1, -0.05) is 36.7 Å². The number of amides is 2. The van der Waals surface area contributed by atoms with Gasteiger partial charge in [-0.2, -0.15) is 0 Å². The van der Waals surface area contributed by atoms with Crippen molar-refractivity contribution in [1.29, 1.82) is 0 Å². The van der Waals surface area contributed by atoms with Crippen LogP contribution in [0, 0.1) is 17.8 Å². The van der Waals surface area contributed by atoms with Crippen LogP contribution in [0.2, 0.25) is 5.02 Å². The molecule has 2 aromatic carbocycles. The van der Waals surface area contributed by atoms with Crippen molar-refractivity contribution in [2.45, 2.75) is 75.9 Å². The molecule has 1 fully saturated rings. The Morgan fingerprint density at radius 3 is 2.60 bits per heavy atom. The summed E-state index contributed by atoms with van der Waals surface area (Å²) in [6.45, 7) is 4.80. The lowest BCUT2D eigenvalue weighted by Gasteiger charge is -2.50. The molecule has 1 aliphatic carbocycles. The van der Waals surface area contributed by atoms with Gasteiger partial charge < -0.3 is 24.4 Å². The number of aliphatic hydroxyl groups is 1. The molecule has 12 heteroatoms. The zero-order valence-corrected chi connectivity index (χ0v) is 30.0. The molecule has 2 aliphatic heterocycles. The van der Waals surface area contributed by atoms with Gasteiger partial charge >= 0.3 is 0 Å². The van der Waals surface area contributed by atoms with Crippen LogP contribution in [-0.2, 0) is 32.6 Å². The molecule has 5 rings (SSSR count). The summed E-state index contributed by atoms with van der Waals surface area (Å²) in [5, 5.41) is 12.2. The largest absolute Gasteiger partial charge is 0.487 e. The maximum absolute atomic E-state index is 13.5. The number of fused-ring (bicyclic) bond motifs is 3. The van der Waals surface area contributed by atoms with Crippen molar-refractivity contribution >= 4 is 39.1 Å². The van der Waals surface area contributed by atoms with Gasteiger partial charge in [0, 0.05) is 44.9 Å². The van der Waals surface area contributed by atoms with Gasteiger partial charge in [0.05, 0.1) is 10.9 Å². The van der Waals surface area contributed by atoms with E-state index in [1.54, 1.807) is 58.3 Å². The van der Waals surface area contributed by atoms with E-state index in [1.807, 2.05) is 18.2 Å². The number of sulfonamides is 1. The number of allylic oxidation sites excluding steroid dienone is 1. The number of carbonyl (C=O) groups excluding carboxylic acids is 2. The second-order valence-electron chi connectivity index (χ2n) is 13.8. The third-order valence-electron chi connectivity index (χ3n) is 10.4. The summed E-state index contributed by atoms with van der Waals surface area (Å²) < 4.78 is 41.3. The zero-order chi connectivity index (χ0) is 34.8. The highest BCUT2D eigenvalue weighted by Gasteiger charge is 2.53. The summed E-state index contributed by atoms with van der Waals surface area (Å²) in [4.78, 5) is 30.5. The fourth-order valence-electron chi connectivity index (χ4n) is 7.14. The van der Waals surface area contributed by atoms with E-state index in [-0.39, 0.29) is 23.3 Å². The number of carbonyl (C=O) groups is 2. The number of hydrogen-bond donors (Lipinski definition) is 2. The molecule has 0 aromatic heterocycles. The highest BCUT2D eigenvalue weighted by molar-refractivity contribution is 7.90. The molecule has 0 radical (unpaired) electrons. The van der Waals surface area contributed by atoms with Gasteiger partial charge in [-0.05, 0) is 105 Å². The average Bonchev–Trinajstić information content (AvgIpc) is 3.05. The van der Waals surface area contributed by atoms with Crippen molar-refractivity contribution < 1.29 is 32.6 Å². The maximum atomic E-state index is 13.5. The smallest absolute Gasteiger partial charge is 0.264 e. The standard InChI is InChI=1S/C36H48ClN3O7S/c1-23-9-8-17-36(43,33(46-5)35(42)39(3)4)30-15-12-27(30)21-40-18-7-6-10-25-19-29(37)14-11-28(25)22-47-32-16-13-26(20-31(32)40)34(41)38-48(44,45)24(23)2/h8,11,13-14,16-17,19-20,23-24,27,30,33,43H,6-7,9-10,12,15,18,21-22H2,1-5H3,(H,38,41)/b17-8+/t23-,24+,27-,30+,33+,36?/m0/s1. The second kappa shape index (κ2) is 14.8. The summed E-state index contributed by atoms with van der Waals surface area (Å²) in [5.41, 5.74) is 1.39. The Hall–Kier alpha value is -3.12. The molecule has 2 heterocycles. The van der Waals surface area contributed by atoms with Crippen molar-refractivity contribution in [1.82, 2.24) is 9.62 Å². The Balaban J connectivity index is 1.61. The zero-order valence-electron chi connectivity index (χ0n) is 28.4. The summed E-state index contributed by atoms with van der Waals surface area (Å²) in [7, 11) is 0.638. The van der Waals surface area contributed by atoms with Crippen LogP contribution in [0.5, 0.6) is 5.75 Å². The number of hydrogen-bond acceptors (Lipinski definition) is 8. The minimum Gasteiger partial charge on any atom is -0.487 e. The molecule has 2 aromatic rings. The Bertz CT molecular complexity index is 1650. The second-order valence-corrected chi connectivity index (χ2v) is 16.2. The highest BCUT2D eigenvalue weighted by Crippen LogP contribution is 2.47. The topological polar surface area (TPSA) is 125 Å². The Labute approximate surface area is 289 Å². The van der Waals surface area contributed by atoms with E-state index in [0.717, 1.165) is 36.8 Å². The van der Waals surface area contributed by atoms with Crippen molar-refractivity contribution in [2.24, 2.45) is 17.8 Å². The van der Waals surface area contributed by atoms with Crippen LogP contribution in [0.15, 0.2) is 48.6 Å². The van der Waals surface area contributed by atoms with Crippen LogP contribution in [-0.4, -0.2) is 81.5 Å². The summed E-state index contributed by atoms with van der Waals surface area (Å²) in [6, 6.07) is 10.8. The van der Waals surface area contributed by atoms with Crippen molar-refractivity contribution in [3.63, 3.8) is 0 Å². The molecule has 6 atom stereocenters. The van der Waals surface area contributed by atoms with E-state index in [4.69, 9.17) is 21.1 Å². The van der Waals surface area contributed by atoms with Crippen LogP contribution in [0.3, 0.4) is 0 Å². The fourth-order valence-corrected chi connectivity index (χ4v) is 8.62. The molecule has 262 valence electrons. The first-order valence-corrected chi connectivity index (χ1v) is 18.7. The molecule has 48 heavy (non-hydrogen) atoms. The van der Waals surface area contributed by atoms with Crippen LogP contribution in [0.25, 0.3) is 0 Å². The SMILES string of the molecule is CO[C@H](C(=O)N(C)C)C1(O)/C=C/C[C@H](C)[C@@H](C)S(=O)(=O)NC(=O)c2ccc3c(c2)N(CCCCc2cc(Cl)ccc2CO3)C[C@@H]2CC[C@H]21. The normalized spacial score (nSPS) is 29.0. The lowest BCUT2D eigenvalue weighted by Crippen LogP contribution is -2.60. The number of rotatable bonds is 3. The molecule has 2 amide bonds. The molecular weight excluding hydrogens is 654 g/mol. The van der Waals surface area contributed by atoms with E-state index >= 15 is 0 Å². The Morgan fingerprint density at radius 2 is 1.92 bits per heavy atom. The predicted molar refractivity (Wildman–Crippen MR) is 187 cm³/mol. The van der Waals surface area contributed by atoms with Crippen molar-refractivity contribution in [3.05, 3.63) is 70.3 Å². The predicted octanol–water partition coefficient (Wildman–Crippen LogP) is 4.97. The van der Waals surface area contributed by atoms with E-state index < -0.39 is 38.8 Å². The Kier molecular flexibility index (Phi) is 11.1. The van der Waals surface area contributed by atoms with E-state index in [2.05, 4.69) is 9.62 Å². The number of nitrogens with one attached hydrogen (secondary N) is 1. The molecule has 1 unspecified atom stereocenters. The first kappa shape index (κ1) is 36.2. The number of halogens is 1. The van der Waals surface area contributed by atoms with Crippen LogP contribution in [0.4, 0.5) is 5.69 Å². The molecule has 0 spiro atoms. The molecule has 1 saturated carbocycles. The number of anilines is 1. The number of methoxy groups -OCH3 is 1. The molecule has 2 N–H and O–H groups in total. The van der Waals surface area contributed by atoms with Gasteiger partial charge in [-0.15, -0.1) is 0 Å².